The number of hydrogen-bond donors (Lipinski definition) is 0. The largest absolute Gasteiger partial charge is 0.456 e. The molecule has 0 aliphatic carbocycles. The van der Waals surface area contributed by atoms with E-state index in [4.69, 9.17) is 17.7 Å². The van der Waals surface area contributed by atoms with Gasteiger partial charge in [0, 0.05) is 43.1 Å². The lowest BCUT2D eigenvalue weighted by molar-refractivity contribution is 0.664. The highest BCUT2D eigenvalue weighted by molar-refractivity contribution is 6.16. The predicted octanol–water partition coefficient (Wildman–Crippen LogP) is 16.0. The van der Waals surface area contributed by atoms with Crippen molar-refractivity contribution in [1.82, 2.24) is 0 Å². The number of benzene rings is 9. The topological polar surface area (TPSA) is 52.6 Å². The van der Waals surface area contributed by atoms with Crippen LogP contribution in [-0.2, 0) is 0 Å². The normalized spacial score (nSPS) is 12.1. The molecule has 0 fully saturated rings. The van der Waals surface area contributed by atoms with E-state index in [1.807, 2.05) is 12.1 Å². The fourth-order valence-corrected chi connectivity index (χ4v) is 8.94. The maximum absolute atomic E-state index is 6.51. The molecule has 0 aliphatic heterocycles. The highest BCUT2D eigenvalue weighted by Gasteiger charge is 2.17. The Morgan fingerprint density at radius 3 is 0.672 bits per heavy atom. The number of fused-ring (bicyclic) bond motifs is 12. The molecular weight excluding hydrogens is 713 g/mol. The van der Waals surface area contributed by atoms with Gasteiger partial charge in [0.05, 0.1) is 0 Å². The summed E-state index contributed by atoms with van der Waals surface area (Å²) < 4.78 is 25.6. The van der Waals surface area contributed by atoms with Gasteiger partial charge in [-0.2, -0.15) is 0 Å². The van der Waals surface area contributed by atoms with Crippen molar-refractivity contribution in [3.8, 4) is 44.5 Å². The Morgan fingerprint density at radius 1 is 0.172 bits per heavy atom. The molecule has 4 nitrogen and oxygen atoms in total. The first-order chi connectivity index (χ1) is 28.7. The third-order valence-corrected chi connectivity index (χ3v) is 11.9. The third-order valence-electron chi connectivity index (χ3n) is 11.9. The Bertz CT molecular complexity index is 3530. The molecule has 270 valence electrons. The van der Waals surface area contributed by atoms with Crippen LogP contribution in [0.25, 0.3) is 132 Å². The molecule has 0 atom stereocenters. The summed E-state index contributed by atoms with van der Waals surface area (Å²) in [6.07, 6.45) is 0. The maximum atomic E-state index is 6.51. The molecule has 58 heavy (non-hydrogen) atoms. The summed E-state index contributed by atoms with van der Waals surface area (Å²) in [5, 5.41) is 8.57. The van der Waals surface area contributed by atoms with Crippen LogP contribution in [-0.4, -0.2) is 0 Å². The van der Waals surface area contributed by atoms with Crippen LogP contribution in [0.2, 0.25) is 0 Å². The standard InChI is InChI=1S/C54H30O4/c1-3-7-31(8-4-1)33-11-17-47-39(23-33)41-25-35(13-19-49(41)55-47)37-15-21-51-43(27-37)45-29-54-46(30-53(45)57-51)44-28-38(16-22-52(44)58-54)36-14-20-50-42(26-36)40-24-34(12-18-48(40)56-50)32-9-5-2-6-10-32/h1-30H. The van der Waals surface area contributed by atoms with Gasteiger partial charge in [0.2, 0.25) is 0 Å². The number of rotatable bonds is 4. The lowest BCUT2D eigenvalue weighted by Crippen LogP contribution is -1.79. The monoisotopic (exact) mass is 742 g/mol. The van der Waals surface area contributed by atoms with Crippen LogP contribution >= 0.6 is 0 Å². The Hall–Kier alpha value is -7.82. The smallest absolute Gasteiger partial charge is 0.136 e. The van der Waals surface area contributed by atoms with E-state index in [1.54, 1.807) is 0 Å². The summed E-state index contributed by atoms with van der Waals surface area (Å²) in [6.45, 7) is 0. The summed E-state index contributed by atoms with van der Waals surface area (Å²) in [7, 11) is 0. The molecule has 0 bridgehead atoms. The molecule has 0 unspecified atom stereocenters. The van der Waals surface area contributed by atoms with Crippen LogP contribution in [0, 0.1) is 0 Å². The summed E-state index contributed by atoms with van der Waals surface area (Å²) >= 11 is 0. The molecule has 4 aromatic heterocycles. The molecule has 4 heteroatoms. The second-order valence-corrected chi connectivity index (χ2v) is 15.3. The van der Waals surface area contributed by atoms with Gasteiger partial charge in [-0.1, -0.05) is 97.1 Å². The van der Waals surface area contributed by atoms with Crippen LogP contribution < -0.4 is 0 Å². The minimum absolute atomic E-state index is 0.831. The number of hydrogen-bond acceptors (Lipinski definition) is 4. The first-order valence-electron chi connectivity index (χ1n) is 19.5. The quantitative estimate of drug-likeness (QED) is 0.180. The first kappa shape index (κ1) is 31.4. The van der Waals surface area contributed by atoms with Crippen molar-refractivity contribution in [2.75, 3.05) is 0 Å². The Kier molecular flexibility index (Phi) is 6.41. The van der Waals surface area contributed by atoms with Gasteiger partial charge >= 0.3 is 0 Å². The summed E-state index contributed by atoms with van der Waals surface area (Å²) in [4.78, 5) is 0. The Morgan fingerprint density at radius 2 is 0.397 bits per heavy atom. The summed E-state index contributed by atoms with van der Waals surface area (Å²) in [6, 6.07) is 63.8. The molecule has 0 spiro atoms. The van der Waals surface area contributed by atoms with Crippen LogP contribution in [0.5, 0.6) is 0 Å². The third kappa shape index (κ3) is 4.76. The SMILES string of the molecule is c1ccc(-c2ccc3oc4ccc(-c5ccc6oc7cc8c(cc7c6c5)oc5ccc(-c6ccc7oc9ccc(-c%10ccccc%10)cc9c7c6)cc58)cc4c3c2)cc1. The molecule has 13 aromatic rings. The lowest BCUT2D eigenvalue weighted by atomic mass is 9.98. The molecule has 4 heterocycles. The van der Waals surface area contributed by atoms with Gasteiger partial charge in [-0.05, 0) is 129 Å². The van der Waals surface area contributed by atoms with Gasteiger partial charge in [0.1, 0.15) is 44.7 Å². The zero-order chi connectivity index (χ0) is 37.9. The molecular formula is C54H30O4. The minimum Gasteiger partial charge on any atom is -0.456 e. The fraction of sp³-hybridized carbons (Fsp3) is 0. The van der Waals surface area contributed by atoms with Gasteiger partial charge < -0.3 is 17.7 Å². The average molecular weight is 743 g/mol. The van der Waals surface area contributed by atoms with Crippen LogP contribution in [0.4, 0.5) is 0 Å². The molecule has 9 aromatic carbocycles. The second-order valence-electron chi connectivity index (χ2n) is 15.3. The summed E-state index contributed by atoms with van der Waals surface area (Å²) in [5.74, 6) is 0. The van der Waals surface area contributed by atoms with Gasteiger partial charge in [-0.3, -0.25) is 0 Å². The average Bonchev–Trinajstić information content (AvgIpc) is 4.04. The minimum atomic E-state index is 0.831. The van der Waals surface area contributed by atoms with E-state index in [2.05, 4.69) is 170 Å². The fourth-order valence-electron chi connectivity index (χ4n) is 8.94. The van der Waals surface area contributed by atoms with Crippen molar-refractivity contribution in [2.45, 2.75) is 0 Å². The second kappa shape index (κ2) is 11.8. The molecule has 0 saturated carbocycles. The van der Waals surface area contributed by atoms with E-state index in [1.165, 1.54) is 22.3 Å². The van der Waals surface area contributed by atoms with E-state index in [0.29, 0.717) is 0 Å². The maximum Gasteiger partial charge on any atom is 0.136 e. The highest BCUT2D eigenvalue weighted by Crippen LogP contribution is 2.42. The van der Waals surface area contributed by atoms with Crippen LogP contribution in [0.15, 0.2) is 200 Å². The number of furan rings is 4. The van der Waals surface area contributed by atoms with Crippen molar-refractivity contribution in [3.63, 3.8) is 0 Å². The first-order valence-corrected chi connectivity index (χ1v) is 19.5. The molecule has 0 saturated heterocycles. The Balaban J connectivity index is 0.891. The molecule has 0 N–H and O–H groups in total. The zero-order valence-corrected chi connectivity index (χ0v) is 31.0. The molecule has 0 radical (unpaired) electrons. The van der Waals surface area contributed by atoms with Crippen molar-refractivity contribution in [1.29, 1.82) is 0 Å². The van der Waals surface area contributed by atoms with Crippen LogP contribution in [0.3, 0.4) is 0 Å². The van der Waals surface area contributed by atoms with Crippen LogP contribution in [0.1, 0.15) is 0 Å². The van der Waals surface area contributed by atoms with Crippen molar-refractivity contribution < 1.29 is 17.7 Å². The van der Waals surface area contributed by atoms with Gasteiger partial charge in [0.15, 0.2) is 0 Å². The highest BCUT2D eigenvalue weighted by atomic mass is 16.3. The lowest BCUT2D eigenvalue weighted by Gasteiger charge is -2.03. The van der Waals surface area contributed by atoms with Gasteiger partial charge in [-0.15, -0.1) is 0 Å². The molecule has 0 amide bonds. The van der Waals surface area contributed by atoms with E-state index >= 15 is 0 Å². The van der Waals surface area contributed by atoms with Crippen molar-refractivity contribution >= 4 is 87.8 Å². The van der Waals surface area contributed by atoms with E-state index in [-0.39, 0.29) is 0 Å². The van der Waals surface area contributed by atoms with Crippen molar-refractivity contribution in [2.24, 2.45) is 0 Å². The molecule has 0 aliphatic rings. The van der Waals surface area contributed by atoms with Gasteiger partial charge in [-0.25, -0.2) is 0 Å². The van der Waals surface area contributed by atoms with E-state index < -0.39 is 0 Å². The Labute approximate surface area is 330 Å². The zero-order valence-electron chi connectivity index (χ0n) is 31.0. The van der Waals surface area contributed by atoms with Gasteiger partial charge in [0.25, 0.3) is 0 Å². The molecule has 13 rings (SSSR count). The van der Waals surface area contributed by atoms with Crippen molar-refractivity contribution in [3.05, 3.63) is 182 Å². The van der Waals surface area contributed by atoms with E-state index in [0.717, 1.165) is 110 Å². The predicted molar refractivity (Wildman–Crippen MR) is 237 cm³/mol. The van der Waals surface area contributed by atoms with E-state index in [9.17, 15) is 0 Å². The summed E-state index contributed by atoms with van der Waals surface area (Å²) in [5.41, 5.74) is 16.0.